The van der Waals surface area contributed by atoms with Gasteiger partial charge < -0.3 is 4.74 Å². The van der Waals surface area contributed by atoms with Gasteiger partial charge in [-0.1, -0.05) is 40.7 Å². The van der Waals surface area contributed by atoms with E-state index in [2.05, 4.69) is 34.3 Å². The highest BCUT2D eigenvalue weighted by Gasteiger charge is 2.11. The summed E-state index contributed by atoms with van der Waals surface area (Å²) in [4.78, 5) is 0. The van der Waals surface area contributed by atoms with Crippen molar-refractivity contribution in [3.05, 3.63) is 12.3 Å². The van der Waals surface area contributed by atoms with Gasteiger partial charge in [-0.25, -0.2) is 0 Å². The van der Waals surface area contributed by atoms with Crippen molar-refractivity contribution in [3.63, 3.8) is 0 Å². The molecular formula is C11H22O. The maximum atomic E-state index is 5.51. The lowest BCUT2D eigenvalue weighted by Crippen LogP contribution is -2.09. The summed E-state index contributed by atoms with van der Waals surface area (Å²) in [7, 11) is 0. The molecule has 0 aromatic heterocycles. The van der Waals surface area contributed by atoms with E-state index >= 15 is 0 Å². The Morgan fingerprint density at radius 2 is 1.92 bits per heavy atom. The molecule has 72 valence electrons. The van der Waals surface area contributed by atoms with Crippen LogP contribution in [0.3, 0.4) is 0 Å². The molecule has 1 nitrogen and oxygen atoms in total. The second kappa shape index (κ2) is 6.10. The van der Waals surface area contributed by atoms with Crippen molar-refractivity contribution in [2.24, 2.45) is 11.8 Å². The van der Waals surface area contributed by atoms with Gasteiger partial charge in [-0.2, -0.15) is 0 Å². The number of rotatable bonds is 6. The third kappa shape index (κ3) is 4.42. The van der Waals surface area contributed by atoms with Gasteiger partial charge in [0.1, 0.15) is 0 Å². The molecule has 0 bridgehead atoms. The molecule has 0 saturated heterocycles. The van der Waals surface area contributed by atoms with Gasteiger partial charge in [0, 0.05) is 5.92 Å². The summed E-state index contributed by atoms with van der Waals surface area (Å²) >= 11 is 0. The summed E-state index contributed by atoms with van der Waals surface area (Å²) < 4.78 is 5.51. The average molecular weight is 170 g/mol. The van der Waals surface area contributed by atoms with E-state index in [1.165, 1.54) is 6.42 Å². The third-order valence-electron chi connectivity index (χ3n) is 2.29. The van der Waals surface area contributed by atoms with Crippen LogP contribution in [0.5, 0.6) is 0 Å². The van der Waals surface area contributed by atoms with Gasteiger partial charge in [-0.15, -0.1) is 0 Å². The first-order valence-electron chi connectivity index (χ1n) is 4.91. The largest absolute Gasteiger partial charge is 0.498 e. The predicted molar refractivity (Wildman–Crippen MR) is 54.0 cm³/mol. The first kappa shape index (κ1) is 11.5. The minimum Gasteiger partial charge on any atom is -0.498 e. The Labute approximate surface area is 76.8 Å². The molecule has 0 saturated carbocycles. The van der Waals surface area contributed by atoms with E-state index in [9.17, 15) is 0 Å². The minimum absolute atomic E-state index is 0.474. The maximum Gasteiger partial charge on any atom is 0.0918 e. The Kier molecular flexibility index (Phi) is 5.87. The molecule has 0 N–H and O–H groups in total. The number of hydrogen-bond acceptors (Lipinski definition) is 1. The number of ether oxygens (including phenoxy) is 1. The first-order valence-corrected chi connectivity index (χ1v) is 4.91. The van der Waals surface area contributed by atoms with Gasteiger partial charge >= 0.3 is 0 Å². The van der Waals surface area contributed by atoms with Crippen LogP contribution in [0.2, 0.25) is 0 Å². The van der Waals surface area contributed by atoms with Crippen molar-refractivity contribution in [1.29, 1.82) is 0 Å². The molecule has 0 aliphatic carbocycles. The smallest absolute Gasteiger partial charge is 0.0918 e. The van der Waals surface area contributed by atoms with Crippen LogP contribution in [-0.4, -0.2) is 6.61 Å². The number of hydrogen-bond donors (Lipinski definition) is 0. The third-order valence-corrected chi connectivity index (χ3v) is 2.29. The van der Waals surface area contributed by atoms with Crippen molar-refractivity contribution in [2.75, 3.05) is 6.61 Å². The highest BCUT2D eigenvalue weighted by atomic mass is 16.5. The molecular weight excluding hydrogens is 148 g/mol. The zero-order chi connectivity index (χ0) is 9.56. The van der Waals surface area contributed by atoms with E-state index in [-0.39, 0.29) is 0 Å². The number of unbranched alkanes of at least 4 members (excludes halogenated alkanes) is 1. The molecule has 0 spiro atoms. The van der Waals surface area contributed by atoms with Crippen LogP contribution in [0.4, 0.5) is 0 Å². The van der Waals surface area contributed by atoms with E-state index in [0.29, 0.717) is 11.8 Å². The Hall–Kier alpha value is -0.460. The lowest BCUT2D eigenvalue weighted by Gasteiger charge is -2.18. The maximum absolute atomic E-state index is 5.51. The zero-order valence-electron chi connectivity index (χ0n) is 8.89. The van der Waals surface area contributed by atoms with Crippen molar-refractivity contribution < 1.29 is 4.74 Å². The molecule has 12 heavy (non-hydrogen) atoms. The van der Waals surface area contributed by atoms with Gasteiger partial charge in [0.15, 0.2) is 0 Å². The first-order chi connectivity index (χ1) is 5.59. The standard InChI is InChI=1S/C11H22O/c1-6-7-8-12-11(5)10(4)9(2)3/h9-10H,5-8H2,1-4H3. The van der Waals surface area contributed by atoms with Crippen molar-refractivity contribution >= 4 is 0 Å². The molecule has 0 rings (SSSR count). The monoisotopic (exact) mass is 170 g/mol. The van der Waals surface area contributed by atoms with Crippen molar-refractivity contribution in [3.8, 4) is 0 Å². The Balaban J connectivity index is 3.57. The SMILES string of the molecule is C=C(OCCCC)C(C)C(C)C. The van der Waals surface area contributed by atoms with Crippen LogP contribution in [0, 0.1) is 11.8 Å². The quantitative estimate of drug-likeness (QED) is 0.437. The van der Waals surface area contributed by atoms with Gasteiger partial charge in [0.05, 0.1) is 12.4 Å². The summed E-state index contributed by atoms with van der Waals surface area (Å²) in [5, 5.41) is 0. The zero-order valence-corrected chi connectivity index (χ0v) is 8.89. The van der Waals surface area contributed by atoms with E-state index in [1.54, 1.807) is 0 Å². The molecule has 0 aromatic rings. The molecule has 1 heteroatoms. The summed E-state index contributed by atoms with van der Waals surface area (Å²) in [5.74, 6) is 2.04. The van der Waals surface area contributed by atoms with E-state index in [0.717, 1.165) is 18.8 Å². The predicted octanol–water partition coefficient (Wildman–Crippen LogP) is 3.61. The number of allylic oxidation sites excluding steroid dienone is 1. The fourth-order valence-electron chi connectivity index (χ4n) is 0.851. The summed E-state index contributed by atoms with van der Waals surface area (Å²) in [6.07, 6.45) is 2.31. The second-order valence-electron chi connectivity index (χ2n) is 3.70. The van der Waals surface area contributed by atoms with Crippen LogP contribution in [0.25, 0.3) is 0 Å². The normalized spacial score (nSPS) is 13.1. The molecule has 1 unspecified atom stereocenters. The molecule has 0 aromatic carbocycles. The van der Waals surface area contributed by atoms with E-state index in [4.69, 9.17) is 4.74 Å². The van der Waals surface area contributed by atoms with Crippen LogP contribution >= 0.6 is 0 Å². The lowest BCUT2D eigenvalue weighted by molar-refractivity contribution is 0.164. The van der Waals surface area contributed by atoms with Gasteiger partial charge in [-0.05, 0) is 12.3 Å². The Morgan fingerprint density at radius 1 is 1.33 bits per heavy atom. The second-order valence-corrected chi connectivity index (χ2v) is 3.70. The summed E-state index contributed by atoms with van der Waals surface area (Å²) in [6, 6.07) is 0. The topological polar surface area (TPSA) is 9.23 Å². The minimum atomic E-state index is 0.474. The molecule has 0 aliphatic heterocycles. The average Bonchev–Trinajstić information content (AvgIpc) is 2.03. The Morgan fingerprint density at radius 3 is 2.33 bits per heavy atom. The van der Waals surface area contributed by atoms with Crippen molar-refractivity contribution in [1.82, 2.24) is 0 Å². The van der Waals surface area contributed by atoms with E-state index in [1.807, 2.05) is 0 Å². The van der Waals surface area contributed by atoms with Crippen LogP contribution in [-0.2, 0) is 4.74 Å². The molecule has 0 fully saturated rings. The summed E-state index contributed by atoms with van der Waals surface area (Å²) in [5.41, 5.74) is 0. The fraction of sp³-hybridized carbons (Fsp3) is 0.818. The molecule has 1 atom stereocenters. The van der Waals surface area contributed by atoms with E-state index < -0.39 is 0 Å². The highest BCUT2D eigenvalue weighted by molar-refractivity contribution is 4.90. The van der Waals surface area contributed by atoms with Crippen LogP contribution in [0.15, 0.2) is 12.3 Å². The molecule has 0 aliphatic rings. The van der Waals surface area contributed by atoms with Crippen molar-refractivity contribution in [2.45, 2.75) is 40.5 Å². The molecule has 0 heterocycles. The highest BCUT2D eigenvalue weighted by Crippen LogP contribution is 2.19. The van der Waals surface area contributed by atoms with Crippen LogP contribution < -0.4 is 0 Å². The van der Waals surface area contributed by atoms with Gasteiger partial charge in [0.25, 0.3) is 0 Å². The summed E-state index contributed by atoms with van der Waals surface area (Å²) in [6.45, 7) is 13.5. The fourth-order valence-corrected chi connectivity index (χ4v) is 0.851. The van der Waals surface area contributed by atoms with Gasteiger partial charge in [0.2, 0.25) is 0 Å². The Bertz CT molecular complexity index is 127. The molecule has 0 radical (unpaired) electrons. The van der Waals surface area contributed by atoms with Gasteiger partial charge in [-0.3, -0.25) is 0 Å². The van der Waals surface area contributed by atoms with Crippen LogP contribution in [0.1, 0.15) is 40.5 Å². The lowest BCUT2D eigenvalue weighted by atomic mass is 9.97. The molecule has 0 amide bonds.